The highest BCUT2D eigenvalue weighted by Gasteiger charge is 2.33. The number of carbonyl (C=O) groups excluding carboxylic acids is 4. The second kappa shape index (κ2) is 12.1. The number of amides is 4. The molecule has 3 aromatic rings. The monoisotopic (exact) mass is 561 g/mol. The van der Waals surface area contributed by atoms with Crippen LogP contribution >= 0.6 is 0 Å². The summed E-state index contributed by atoms with van der Waals surface area (Å²) in [7, 11) is 3.47. The lowest BCUT2D eigenvalue weighted by Gasteiger charge is -2.29. The van der Waals surface area contributed by atoms with Gasteiger partial charge in [0.05, 0.1) is 24.2 Å². The van der Waals surface area contributed by atoms with Gasteiger partial charge in [-0.1, -0.05) is 12.1 Å². The Morgan fingerprint density at radius 2 is 1.66 bits per heavy atom. The van der Waals surface area contributed by atoms with Crippen molar-refractivity contribution in [3.63, 3.8) is 0 Å². The number of furan rings is 1. The fraction of sp³-hybridized carbons (Fsp3) is 0.433. The van der Waals surface area contributed by atoms with Gasteiger partial charge in [-0.2, -0.15) is 0 Å². The first-order valence-electron chi connectivity index (χ1n) is 13.9. The van der Waals surface area contributed by atoms with E-state index in [9.17, 15) is 19.2 Å². The summed E-state index contributed by atoms with van der Waals surface area (Å²) in [6.07, 6.45) is 3.93. The Balaban J connectivity index is 1.47. The summed E-state index contributed by atoms with van der Waals surface area (Å²) < 4.78 is 11.4. The summed E-state index contributed by atoms with van der Waals surface area (Å²) in [4.78, 5) is 60.5. The van der Waals surface area contributed by atoms with E-state index in [1.807, 2.05) is 13.0 Å². The summed E-state index contributed by atoms with van der Waals surface area (Å²) >= 11 is 0. The van der Waals surface area contributed by atoms with E-state index >= 15 is 0 Å². The van der Waals surface area contributed by atoms with Crippen molar-refractivity contribution in [2.75, 3.05) is 51.0 Å². The lowest BCUT2D eigenvalue weighted by molar-refractivity contribution is -0.135. The maximum Gasteiger partial charge on any atom is 0.294 e. The number of hydrogen-bond acceptors (Lipinski definition) is 7. The number of rotatable bonds is 6. The predicted molar refractivity (Wildman–Crippen MR) is 153 cm³/mol. The molecule has 0 radical (unpaired) electrons. The Hall–Kier alpha value is -4.25. The molecule has 0 unspecified atom stereocenters. The summed E-state index contributed by atoms with van der Waals surface area (Å²) in [5, 5.41) is 6.04. The minimum Gasteiger partial charge on any atom is -0.449 e. The van der Waals surface area contributed by atoms with Gasteiger partial charge >= 0.3 is 0 Å². The van der Waals surface area contributed by atoms with Gasteiger partial charge in [0.2, 0.25) is 17.6 Å². The third-order valence-corrected chi connectivity index (χ3v) is 7.74. The van der Waals surface area contributed by atoms with E-state index in [-0.39, 0.29) is 41.0 Å². The number of anilines is 2. The maximum atomic E-state index is 13.6. The van der Waals surface area contributed by atoms with Crippen molar-refractivity contribution in [1.29, 1.82) is 0 Å². The number of benzene rings is 1. The second-order valence-corrected chi connectivity index (χ2v) is 10.8. The molecule has 11 nitrogen and oxygen atoms in total. The number of ether oxygens (including phenoxy) is 1. The van der Waals surface area contributed by atoms with Gasteiger partial charge in [0.1, 0.15) is 17.1 Å². The number of pyridine rings is 1. The molecule has 0 atom stereocenters. The van der Waals surface area contributed by atoms with Crippen LogP contribution in [0.3, 0.4) is 0 Å². The molecule has 41 heavy (non-hydrogen) atoms. The van der Waals surface area contributed by atoms with Crippen molar-refractivity contribution in [2.45, 2.75) is 32.6 Å². The molecule has 3 heterocycles. The molecule has 216 valence electrons. The molecule has 2 N–H and O–H groups in total. The molecule has 0 spiro atoms. The Labute approximate surface area is 238 Å². The topological polar surface area (TPSA) is 134 Å². The lowest BCUT2D eigenvalue weighted by Crippen LogP contribution is -2.40. The van der Waals surface area contributed by atoms with Gasteiger partial charge in [-0.3, -0.25) is 19.2 Å². The molecule has 1 saturated carbocycles. The smallest absolute Gasteiger partial charge is 0.294 e. The van der Waals surface area contributed by atoms with E-state index in [1.165, 1.54) is 0 Å². The fourth-order valence-electron chi connectivity index (χ4n) is 5.45. The third-order valence-electron chi connectivity index (χ3n) is 7.74. The SMILES string of the molecule is Cc1ccc(NC(=O)c2oc3cccc(C(=O)N4CCOCC4)c3c2NC(=O)[C@H]2CC[C@H](C(=O)N(C)C)CC2)nc1. The Morgan fingerprint density at radius 3 is 2.32 bits per heavy atom. The first-order valence-corrected chi connectivity index (χ1v) is 13.9. The quantitative estimate of drug-likeness (QED) is 0.469. The molecule has 2 fully saturated rings. The number of aryl methyl sites for hydroxylation is 1. The van der Waals surface area contributed by atoms with Gasteiger partial charge in [0.25, 0.3) is 11.8 Å². The zero-order chi connectivity index (χ0) is 29.1. The summed E-state index contributed by atoms with van der Waals surface area (Å²) in [5.74, 6) is -1.28. The second-order valence-electron chi connectivity index (χ2n) is 10.8. The highest BCUT2D eigenvalue weighted by atomic mass is 16.5. The van der Waals surface area contributed by atoms with Crippen molar-refractivity contribution in [1.82, 2.24) is 14.8 Å². The molecule has 2 aromatic heterocycles. The Kier molecular flexibility index (Phi) is 8.34. The van der Waals surface area contributed by atoms with Crippen molar-refractivity contribution >= 4 is 46.1 Å². The van der Waals surface area contributed by atoms with Gasteiger partial charge in [-0.25, -0.2) is 4.98 Å². The fourth-order valence-corrected chi connectivity index (χ4v) is 5.45. The summed E-state index contributed by atoms with van der Waals surface area (Å²) in [6, 6.07) is 8.53. The molecule has 4 amide bonds. The minimum atomic E-state index is -0.599. The van der Waals surface area contributed by atoms with Crippen molar-refractivity contribution in [3.05, 3.63) is 53.4 Å². The number of nitrogens with one attached hydrogen (secondary N) is 2. The third kappa shape index (κ3) is 6.09. The molecular weight excluding hydrogens is 526 g/mol. The van der Waals surface area contributed by atoms with E-state index < -0.39 is 5.91 Å². The highest BCUT2D eigenvalue weighted by Crippen LogP contribution is 2.37. The van der Waals surface area contributed by atoms with Crippen LogP contribution in [0.1, 0.15) is 52.2 Å². The normalized spacial score (nSPS) is 19.0. The van der Waals surface area contributed by atoms with E-state index in [2.05, 4.69) is 15.6 Å². The summed E-state index contributed by atoms with van der Waals surface area (Å²) in [6.45, 7) is 3.65. The largest absolute Gasteiger partial charge is 0.449 e. The Bertz CT molecular complexity index is 1450. The van der Waals surface area contributed by atoms with Crippen LogP contribution in [0.5, 0.6) is 0 Å². The molecule has 0 bridgehead atoms. The van der Waals surface area contributed by atoms with Crippen LogP contribution in [-0.4, -0.2) is 78.8 Å². The molecule has 2 aliphatic rings. The lowest BCUT2D eigenvalue weighted by atomic mass is 9.81. The van der Waals surface area contributed by atoms with Gasteiger partial charge in [-0.15, -0.1) is 0 Å². The average molecular weight is 562 g/mol. The molecule has 5 rings (SSSR count). The zero-order valence-corrected chi connectivity index (χ0v) is 23.6. The van der Waals surface area contributed by atoms with Crippen molar-refractivity contribution in [3.8, 4) is 0 Å². The van der Waals surface area contributed by atoms with Crippen LogP contribution in [0.15, 0.2) is 40.9 Å². The predicted octanol–water partition coefficient (Wildman–Crippen LogP) is 3.69. The molecule has 1 aliphatic carbocycles. The van der Waals surface area contributed by atoms with Crippen LogP contribution in [-0.2, 0) is 14.3 Å². The summed E-state index contributed by atoms with van der Waals surface area (Å²) in [5.41, 5.74) is 1.73. The molecular formula is C30H35N5O6. The molecule has 1 aliphatic heterocycles. The van der Waals surface area contributed by atoms with Crippen molar-refractivity contribution in [2.24, 2.45) is 11.8 Å². The van der Waals surface area contributed by atoms with Crippen LogP contribution < -0.4 is 10.6 Å². The number of fused-ring (bicyclic) bond motifs is 1. The van der Waals surface area contributed by atoms with Gasteiger partial charge < -0.3 is 29.6 Å². The highest BCUT2D eigenvalue weighted by molar-refractivity contribution is 6.19. The van der Waals surface area contributed by atoms with E-state index in [4.69, 9.17) is 9.15 Å². The van der Waals surface area contributed by atoms with Crippen LogP contribution in [0.2, 0.25) is 0 Å². The van der Waals surface area contributed by atoms with Crippen LogP contribution in [0, 0.1) is 18.8 Å². The van der Waals surface area contributed by atoms with E-state index in [1.54, 1.807) is 54.4 Å². The first-order chi connectivity index (χ1) is 19.7. The molecule has 1 aromatic carbocycles. The number of hydrogen-bond donors (Lipinski definition) is 2. The van der Waals surface area contributed by atoms with Crippen LogP contribution in [0.4, 0.5) is 11.5 Å². The maximum absolute atomic E-state index is 13.6. The van der Waals surface area contributed by atoms with Gasteiger partial charge in [0, 0.05) is 45.2 Å². The van der Waals surface area contributed by atoms with E-state index in [0.29, 0.717) is 74.3 Å². The number of aromatic nitrogens is 1. The standard InChI is InChI=1S/C30H35N5O6/c1-18-7-12-23(31-17-18)32-28(37)26-25(33-27(36)19-8-10-20(11-9-19)29(38)34(2)3)24-21(5-4-6-22(24)41-26)30(39)35-13-15-40-16-14-35/h4-7,12,17,19-20H,8-11,13-16H2,1-3H3,(H,33,36)(H,31,32,37)/t19-,20-. The van der Waals surface area contributed by atoms with Crippen molar-refractivity contribution < 1.29 is 28.3 Å². The zero-order valence-electron chi connectivity index (χ0n) is 23.6. The van der Waals surface area contributed by atoms with Gasteiger partial charge in [0.15, 0.2) is 0 Å². The molecule has 11 heteroatoms. The minimum absolute atomic E-state index is 0.0691. The molecule has 1 saturated heterocycles. The Morgan fingerprint density at radius 1 is 0.951 bits per heavy atom. The van der Waals surface area contributed by atoms with E-state index in [0.717, 1.165) is 5.56 Å². The van der Waals surface area contributed by atoms with Gasteiger partial charge in [-0.05, 0) is 56.4 Å². The number of carbonyl (C=O) groups is 4. The number of nitrogens with zero attached hydrogens (tertiary/aromatic N) is 3. The number of morpholine rings is 1. The average Bonchev–Trinajstić information content (AvgIpc) is 3.36. The van der Waals surface area contributed by atoms with Crippen LogP contribution in [0.25, 0.3) is 11.0 Å². The first kappa shape index (κ1) is 28.3.